The molecule has 0 aromatic carbocycles. The number of nitrogens with one attached hydrogen (secondary N) is 1. The maximum absolute atomic E-state index is 12.5. The number of rotatable bonds is 6. The van der Waals surface area contributed by atoms with Crippen LogP contribution in [0.4, 0.5) is 0 Å². The molecule has 0 saturated carbocycles. The highest BCUT2D eigenvalue weighted by molar-refractivity contribution is 7.24. The molecule has 136 valence electrons. The molecule has 1 N–H and O–H groups in total. The minimum absolute atomic E-state index is 0.0785. The third-order valence-electron chi connectivity index (χ3n) is 3.39. The van der Waals surface area contributed by atoms with Gasteiger partial charge in [-0.25, -0.2) is 9.97 Å². The fourth-order valence-electron chi connectivity index (χ4n) is 2.23. The predicted octanol–water partition coefficient (Wildman–Crippen LogP) is 4.95. The molecule has 8 heteroatoms. The van der Waals surface area contributed by atoms with Crippen LogP contribution in [-0.4, -0.2) is 22.0 Å². The van der Waals surface area contributed by atoms with E-state index < -0.39 is 0 Å². The van der Waals surface area contributed by atoms with E-state index in [2.05, 4.69) is 15.3 Å². The second-order valence-electron chi connectivity index (χ2n) is 5.89. The second kappa shape index (κ2) is 8.16. The van der Waals surface area contributed by atoms with Gasteiger partial charge in [-0.1, -0.05) is 17.7 Å². The number of thiazole rings is 1. The Kier molecular flexibility index (Phi) is 5.90. The summed E-state index contributed by atoms with van der Waals surface area (Å²) in [7, 11) is 0. The van der Waals surface area contributed by atoms with Gasteiger partial charge in [-0.3, -0.25) is 4.79 Å². The van der Waals surface area contributed by atoms with Crippen molar-refractivity contribution in [3.63, 3.8) is 0 Å². The number of aryl methyl sites for hydroxylation is 1. The molecular formula is C18H18ClN3O2S2. The first kappa shape index (κ1) is 18.8. The highest BCUT2D eigenvalue weighted by Gasteiger charge is 2.17. The number of hydrogen-bond acceptors (Lipinski definition) is 6. The summed E-state index contributed by atoms with van der Waals surface area (Å²) in [6, 6.07) is 7.44. The average Bonchev–Trinajstić information content (AvgIpc) is 3.19. The van der Waals surface area contributed by atoms with Crippen LogP contribution in [-0.2, 0) is 6.54 Å². The zero-order valence-electron chi connectivity index (χ0n) is 14.6. The highest BCUT2D eigenvalue weighted by atomic mass is 35.5. The van der Waals surface area contributed by atoms with E-state index in [1.54, 1.807) is 12.3 Å². The minimum atomic E-state index is -0.142. The molecule has 1 amide bonds. The van der Waals surface area contributed by atoms with Crippen LogP contribution in [0.3, 0.4) is 0 Å². The van der Waals surface area contributed by atoms with Crippen LogP contribution < -0.4 is 10.1 Å². The molecule has 0 unspecified atom stereocenters. The van der Waals surface area contributed by atoms with Crippen LogP contribution in [0.25, 0.3) is 9.88 Å². The average molecular weight is 408 g/mol. The number of hydrogen-bond donors (Lipinski definition) is 1. The van der Waals surface area contributed by atoms with Crippen molar-refractivity contribution in [3.05, 3.63) is 50.9 Å². The maximum Gasteiger partial charge on any atom is 0.263 e. The van der Waals surface area contributed by atoms with E-state index in [4.69, 9.17) is 16.3 Å². The molecule has 3 heterocycles. The van der Waals surface area contributed by atoms with Crippen molar-refractivity contribution in [3.8, 4) is 15.8 Å². The molecule has 0 saturated heterocycles. The molecular weight excluding hydrogens is 390 g/mol. The summed E-state index contributed by atoms with van der Waals surface area (Å²) < 4.78 is 6.22. The number of amides is 1. The lowest BCUT2D eigenvalue weighted by Crippen LogP contribution is -2.22. The van der Waals surface area contributed by atoms with Crippen LogP contribution in [0.2, 0.25) is 4.34 Å². The Morgan fingerprint density at radius 2 is 2.08 bits per heavy atom. The largest absolute Gasteiger partial charge is 0.475 e. The first-order valence-electron chi connectivity index (χ1n) is 8.05. The lowest BCUT2D eigenvalue weighted by molar-refractivity contribution is 0.0954. The number of ether oxygens (including phenoxy) is 1. The minimum Gasteiger partial charge on any atom is -0.475 e. The van der Waals surface area contributed by atoms with Crippen molar-refractivity contribution in [2.24, 2.45) is 0 Å². The standard InChI is InChI=1S/C18H18ClN3O2S2/c1-10(2)24-15-7-4-12(8-20-15)9-21-17(23)16-11(3)22-18(26-16)13-5-6-14(19)25-13/h4-8,10H,9H2,1-3H3,(H,21,23). The molecule has 26 heavy (non-hydrogen) atoms. The summed E-state index contributed by atoms with van der Waals surface area (Å²) in [6.07, 6.45) is 1.78. The van der Waals surface area contributed by atoms with Gasteiger partial charge in [0.15, 0.2) is 0 Å². The third-order valence-corrected chi connectivity index (χ3v) is 5.95. The molecule has 0 atom stereocenters. The van der Waals surface area contributed by atoms with Crippen LogP contribution in [0.15, 0.2) is 30.5 Å². The number of nitrogens with zero attached hydrogens (tertiary/aromatic N) is 2. The molecule has 0 fully saturated rings. The molecule has 3 aromatic heterocycles. The Labute approximate surface area is 165 Å². The van der Waals surface area contributed by atoms with Gasteiger partial charge in [0.1, 0.15) is 9.88 Å². The monoisotopic (exact) mass is 407 g/mol. The van der Waals surface area contributed by atoms with Gasteiger partial charge in [0.2, 0.25) is 5.88 Å². The van der Waals surface area contributed by atoms with Crippen LogP contribution >= 0.6 is 34.3 Å². The van der Waals surface area contributed by atoms with Crippen LogP contribution in [0, 0.1) is 6.92 Å². The zero-order chi connectivity index (χ0) is 18.7. The lowest BCUT2D eigenvalue weighted by atomic mass is 10.2. The Balaban J connectivity index is 1.64. The van der Waals surface area contributed by atoms with Gasteiger partial charge in [0.05, 0.1) is 21.0 Å². The van der Waals surface area contributed by atoms with Gasteiger partial charge in [-0.2, -0.15) is 0 Å². The Morgan fingerprint density at radius 1 is 1.27 bits per heavy atom. The molecule has 0 aliphatic rings. The number of halogens is 1. The van der Waals surface area contributed by atoms with E-state index >= 15 is 0 Å². The summed E-state index contributed by atoms with van der Waals surface area (Å²) in [5.74, 6) is 0.434. The summed E-state index contributed by atoms with van der Waals surface area (Å²) in [6.45, 7) is 6.13. The molecule has 3 aromatic rings. The summed E-state index contributed by atoms with van der Waals surface area (Å²) in [5.41, 5.74) is 1.62. The molecule has 3 rings (SSSR count). The Hall–Kier alpha value is -1.96. The van der Waals surface area contributed by atoms with Crippen molar-refractivity contribution in [1.29, 1.82) is 0 Å². The Morgan fingerprint density at radius 3 is 2.69 bits per heavy atom. The van der Waals surface area contributed by atoms with Crippen LogP contribution in [0.1, 0.15) is 34.8 Å². The van der Waals surface area contributed by atoms with E-state index in [1.807, 2.05) is 39.0 Å². The number of pyridine rings is 1. The molecule has 5 nitrogen and oxygen atoms in total. The summed E-state index contributed by atoms with van der Waals surface area (Å²) in [5, 5.41) is 3.72. The van der Waals surface area contributed by atoms with Gasteiger partial charge >= 0.3 is 0 Å². The number of thiophene rings is 1. The van der Waals surface area contributed by atoms with E-state index in [-0.39, 0.29) is 12.0 Å². The first-order chi connectivity index (χ1) is 12.4. The third kappa shape index (κ3) is 4.60. The number of carbonyl (C=O) groups excluding carboxylic acids is 1. The number of carbonyl (C=O) groups is 1. The van der Waals surface area contributed by atoms with Gasteiger partial charge in [0, 0.05) is 18.8 Å². The van der Waals surface area contributed by atoms with Crippen molar-refractivity contribution in [1.82, 2.24) is 15.3 Å². The number of aromatic nitrogens is 2. The normalized spacial score (nSPS) is 11.0. The fourth-order valence-corrected chi connectivity index (χ4v) is 4.31. The van der Waals surface area contributed by atoms with Crippen molar-refractivity contribution >= 4 is 40.2 Å². The highest BCUT2D eigenvalue weighted by Crippen LogP contribution is 2.34. The van der Waals surface area contributed by atoms with E-state index in [0.29, 0.717) is 27.3 Å². The van der Waals surface area contributed by atoms with Crippen molar-refractivity contribution in [2.45, 2.75) is 33.4 Å². The summed E-state index contributed by atoms with van der Waals surface area (Å²) >= 11 is 8.80. The molecule has 0 spiro atoms. The second-order valence-corrected chi connectivity index (χ2v) is 8.61. The topological polar surface area (TPSA) is 64.1 Å². The van der Waals surface area contributed by atoms with E-state index in [0.717, 1.165) is 15.4 Å². The maximum atomic E-state index is 12.5. The predicted molar refractivity (Wildman–Crippen MR) is 106 cm³/mol. The quantitative estimate of drug-likeness (QED) is 0.628. The molecule has 0 radical (unpaired) electrons. The summed E-state index contributed by atoms with van der Waals surface area (Å²) in [4.78, 5) is 22.8. The van der Waals surface area contributed by atoms with Gasteiger partial charge < -0.3 is 10.1 Å². The van der Waals surface area contributed by atoms with Gasteiger partial charge in [0.25, 0.3) is 5.91 Å². The smallest absolute Gasteiger partial charge is 0.263 e. The lowest BCUT2D eigenvalue weighted by Gasteiger charge is -2.09. The zero-order valence-corrected chi connectivity index (χ0v) is 17.0. The molecule has 0 aliphatic carbocycles. The van der Waals surface area contributed by atoms with Gasteiger partial charge in [-0.05, 0) is 38.5 Å². The van der Waals surface area contributed by atoms with Crippen molar-refractivity contribution in [2.75, 3.05) is 0 Å². The first-order valence-corrected chi connectivity index (χ1v) is 10.1. The fraction of sp³-hybridized carbons (Fsp3) is 0.278. The van der Waals surface area contributed by atoms with Crippen LogP contribution in [0.5, 0.6) is 5.88 Å². The van der Waals surface area contributed by atoms with E-state index in [1.165, 1.54) is 22.7 Å². The van der Waals surface area contributed by atoms with Gasteiger partial charge in [-0.15, -0.1) is 22.7 Å². The Bertz CT molecular complexity index is 904. The van der Waals surface area contributed by atoms with Crippen molar-refractivity contribution < 1.29 is 9.53 Å². The SMILES string of the molecule is Cc1nc(-c2ccc(Cl)s2)sc1C(=O)NCc1ccc(OC(C)C)nc1. The molecule has 0 bridgehead atoms. The molecule has 0 aliphatic heterocycles. The van der Waals surface area contributed by atoms with E-state index in [9.17, 15) is 4.79 Å².